The summed E-state index contributed by atoms with van der Waals surface area (Å²) < 4.78 is 17.6. The molecule has 0 aliphatic rings. The maximum absolute atomic E-state index is 12.6. The molecule has 0 unspecified atom stereocenters. The van der Waals surface area contributed by atoms with Crippen LogP contribution in [0.25, 0.3) is 23.0 Å². The molecule has 0 saturated heterocycles. The van der Waals surface area contributed by atoms with Crippen molar-refractivity contribution < 1.29 is 18.8 Å². The molecule has 4 rings (SSSR count). The van der Waals surface area contributed by atoms with E-state index in [2.05, 4.69) is 15.5 Å². The van der Waals surface area contributed by atoms with E-state index >= 15 is 0 Å². The summed E-state index contributed by atoms with van der Waals surface area (Å²) in [6, 6.07) is 18.4. The van der Waals surface area contributed by atoms with Crippen LogP contribution in [-0.4, -0.2) is 34.8 Å². The number of nitrogens with one attached hydrogen (secondary N) is 1. The van der Waals surface area contributed by atoms with E-state index in [9.17, 15) is 4.79 Å². The molecule has 2 aromatic heterocycles. The Labute approximate surface area is 173 Å². The second kappa shape index (κ2) is 8.52. The monoisotopic (exact) mass is 404 g/mol. The van der Waals surface area contributed by atoms with Crippen LogP contribution >= 0.6 is 0 Å². The molecule has 1 amide bonds. The molecule has 2 heterocycles. The van der Waals surface area contributed by atoms with Gasteiger partial charge in [-0.3, -0.25) is 4.79 Å². The third-order valence-electron chi connectivity index (χ3n) is 4.46. The predicted molar refractivity (Wildman–Crippen MR) is 111 cm³/mol. The third-order valence-corrected chi connectivity index (χ3v) is 4.46. The number of amides is 1. The second-order valence-corrected chi connectivity index (χ2v) is 6.46. The number of methoxy groups -OCH3 is 2. The molecule has 0 atom stereocenters. The topological polar surface area (TPSA) is 91.4 Å². The number of hydrogen-bond acceptors (Lipinski definition) is 6. The Hall–Kier alpha value is -4.07. The zero-order chi connectivity index (χ0) is 20.9. The fourth-order valence-electron chi connectivity index (χ4n) is 3.01. The summed E-state index contributed by atoms with van der Waals surface area (Å²) in [7, 11) is 3.11. The zero-order valence-electron chi connectivity index (χ0n) is 16.5. The van der Waals surface area contributed by atoms with Gasteiger partial charge in [-0.25, -0.2) is 0 Å². The number of rotatable bonds is 7. The minimum absolute atomic E-state index is 0.0743. The number of benzene rings is 2. The van der Waals surface area contributed by atoms with Crippen LogP contribution in [0.3, 0.4) is 0 Å². The van der Waals surface area contributed by atoms with Gasteiger partial charge in [0.15, 0.2) is 0 Å². The van der Waals surface area contributed by atoms with Crippen molar-refractivity contribution in [2.45, 2.75) is 6.54 Å². The van der Waals surface area contributed by atoms with Crippen LogP contribution in [0.15, 0.2) is 71.4 Å². The Morgan fingerprint density at radius 1 is 1.03 bits per heavy atom. The Morgan fingerprint density at radius 2 is 1.77 bits per heavy atom. The normalized spacial score (nSPS) is 10.6. The van der Waals surface area contributed by atoms with Crippen molar-refractivity contribution in [3.8, 4) is 34.5 Å². The summed E-state index contributed by atoms with van der Waals surface area (Å²) in [6.07, 6.45) is 1.79. The quantitative estimate of drug-likeness (QED) is 0.503. The molecule has 152 valence electrons. The summed E-state index contributed by atoms with van der Waals surface area (Å²) in [5.41, 5.74) is 2.09. The highest BCUT2D eigenvalue weighted by Crippen LogP contribution is 2.26. The first-order valence-electron chi connectivity index (χ1n) is 9.24. The van der Waals surface area contributed by atoms with Gasteiger partial charge in [-0.2, -0.15) is 4.98 Å². The van der Waals surface area contributed by atoms with Gasteiger partial charge in [0.2, 0.25) is 11.7 Å². The first-order valence-corrected chi connectivity index (χ1v) is 9.24. The molecule has 4 aromatic rings. The van der Waals surface area contributed by atoms with Crippen molar-refractivity contribution in [1.29, 1.82) is 0 Å². The van der Waals surface area contributed by atoms with Crippen LogP contribution in [0.2, 0.25) is 0 Å². The summed E-state index contributed by atoms with van der Waals surface area (Å²) in [5, 5.41) is 6.89. The van der Waals surface area contributed by atoms with E-state index in [4.69, 9.17) is 14.0 Å². The lowest BCUT2D eigenvalue weighted by molar-refractivity contribution is -0.116. The summed E-state index contributed by atoms with van der Waals surface area (Å²) in [5.74, 6) is 1.79. The molecular weight excluding hydrogens is 384 g/mol. The highest BCUT2D eigenvalue weighted by atomic mass is 16.5. The maximum atomic E-state index is 12.6. The predicted octanol–water partition coefficient (Wildman–Crippen LogP) is 3.86. The SMILES string of the molecule is COc1cc(NC(=O)Cn2cccc2-c2nc(-c3ccccc3)no2)cc(OC)c1. The van der Waals surface area contributed by atoms with E-state index in [1.54, 1.807) is 43.2 Å². The lowest BCUT2D eigenvalue weighted by Gasteiger charge is -2.11. The fraction of sp³-hybridized carbons (Fsp3) is 0.136. The van der Waals surface area contributed by atoms with Gasteiger partial charge in [-0.15, -0.1) is 0 Å². The zero-order valence-corrected chi connectivity index (χ0v) is 16.5. The van der Waals surface area contributed by atoms with Crippen molar-refractivity contribution in [3.63, 3.8) is 0 Å². The van der Waals surface area contributed by atoms with Gasteiger partial charge in [0.1, 0.15) is 23.7 Å². The Bertz CT molecular complexity index is 1130. The Balaban J connectivity index is 1.50. The molecule has 0 aliphatic carbocycles. The average Bonchev–Trinajstić information content (AvgIpc) is 3.43. The number of carbonyl (C=O) groups excluding carboxylic acids is 1. The van der Waals surface area contributed by atoms with E-state index in [0.717, 1.165) is 5.56 Å². The van der Waals surface area contributed by atoms with Crippen LogP contribution in [0, 0.1) is 0 Å². The van der Waals surface area contributed by atoms with Gasteiger partial charge in [0.25, 0.3) is 5.89 Å². The highest BCUT2D eigenvalue weighted by molar-refractivity contribution is 5.91. The number of hydrogen-bond donors (Lipinski definition) is 1. The number of carbonyl (C=O) groups is 1. The standard InChI is InChI=1S/C22H20N4O4/c1-28-17-11-16(12-18(13-17)29-2)23-20(27)14-26-10-6-9-19(26)22-24-21(25-30-22)15-7-4-3-5-8-15/h3-13H,14H2,1-2H3,(H,23,27). The van der Waals surface area contributed by atoms with Crippen molar-refractivity contribution in [3.05, 3.63) is 66.9 Å². The number of ether oxygens (including phenoxy) is 2. The lowest BCUT2D eigenvalue weighted by atomic mass is 10.2. The summed E-state index contributed by atoms with van der Waals surface area (Å²) in [4.78, 5) is 17.1. The molecule has 0 aliphatic heterocycles. The second-order valence-electron chi connectivity index (χ2n) is 6.46. The number of anilines is 1. The van der Waals surface area contributed by atoms with Crippen LogP contribution in [-0.2, 0) is 11.3 Å². The first kappa shape index (κ1) is 19.3. The third kappa shape index (κ3) is 4.17. The molecule has 0 radical (unpaired) electrons. The minimum Gasteiger partial charge on any atom is -0.497 e. The van der Waals surface area contributed by atoms with Crippen molar-refractivity contribution in [2.24, 2.45) is 0 Å². The Morgan fingerprint density at radius 3 is 2.47 bits per heavy atom. The van der Waals surface area contributed by atoms with E-state index < -0.39 is 0 Å². The van der Waals surface area contributed by atoms with E-state index in [-0.39, 0.29) is 12.5 Å². The van der Waals surface area contributed by atoms with E-state index in [1.807, 2.05) is 42.5 Å². The number of nitrogens with zero attached hydrogens (tertiary/aromatic N) is 3. The molecule has 30 heavy (non-hydrogen) atoms. The fourth-order valence-corrected chi connectivity index (χ4v) is 3.01. The molecule has 1 N–H and O–H groups in total. The largest absolute Gasteiger partial charge is 0.497 e. The molecule has 0 bridgehead atoms. The lowest BCUT2D eigenvalue weighted by Crippen LogP contribution is -2.18. The molecule has 8 heteroatoms. The highest BCUT2D eigenvalue weighted by Gasteiger charge is 2.16. The van der Waals surface area contributed by atoms with Crippen molar-refractivity contribution in [1.82, 2.24) is 14.7 Å². The summed E-state index contributed by atoms with van der Waals surface area (Å²) >= 11 is 0. The Kier molecular flexibility index (Phi) is 5.47. The first-order chi connectivity index (χ1) is 14.7. The average molecular weight is 404 g/mol. The van der Waals surface area contributed by atoms with E-state index in [0.29, 0.717) is 34.6 Å². The van der Waals surface area contributed by atoms with Crippen LogP contribution in [0.5, 0.6) is 11.5 Å². The molecule has 0 fully saturated rings. The van der Waals surface area contributed by atoms with Gasteiger partial charge < -0.3 is 23.9 Å². The van der Waals surface area contributed by atoms with Crippen LogP contribution in [0.1, 0.15) is 0 Å². The molecule has 2 aromatic carbocycles. The van der Waals surface area contributed by atoms with Crippen LogP contribution in [0.4, 0.5) is 5.69 Å². The van der Waals surface area contributed by atoms with Gasteiger partial charge >= 0.3 is 0 Å². The number of aromatic nitrogens is 3. The van der Waals surface area contributed by atoms with Gasteiger partial charge in [0, 0.05) is 35.6 Å². The van der Waals surface area contributed by atoms with Crippen LogP contribution < -0.4 is 14.8 Å². The molecule has 0 saturated carbocycles. The molecule has 0 spiro atoms. The summed E-state index contributed by atoms with van der Waals surface area (Å²) in [6.45, 7) is 0.0743. The van der Waals surface area contributed by atoms with Gasteiger partial charge in [-0.1, -0.05) is 35.5 Å². The van der Waals surface area contributed by atoms with Gasteiger partial charge in [-0.05, 0) is 12.1 Å². The minimum atomic E-state index is -0.217. The molecule has 8 nitrogen and oxygen atoms in total. The molecular formula is C22H20N4O4. The van der Waals surface area contributed by atoms with E-state index in [1.165, 1.54) is 0 Å². The van der Waals surface area contributed by atoms with Crippen molar-refractivity contribution >= 4 is 11.6 Å². The van der Waals surface area contributed by atoms with Gasteiger partial charge in [0.05, 0.1) is 14.2 Å². The maximum Gasteiger partial charge on any atom is 0.274 e. The smallest absolute Gasteiger partial charge is 0.274 e. The van der Waals surface area contributed by atoms with Crippen molar-refractivity contribution in [2.75, 3.05) is 19.5 Å².